The maximum Gasteiger partial charge on any atom is 0.135 e. The Labute approximate surface area is 263 Å². The fraction of sp³-hybridized carbons (Fsp3) is 0. The van der Waals surface area contributed by atoms with Crippen LogP contribution in [-0.2, 0) is 0 Å². The number of para-hydroxylation sites is 4. The van der Waals surface area contributed by atoms with Gasteiger partial charge in [0.15, 0.2) is 0 Å². The minimum absolute atomic E-state index is 0.884. The van der Waals surface area contributed by atoms with Crippen molar-refractivity contribution in [2.24, 2.45) is 0 Å². The Balaban J connectivity index is 1.26. The summed E-state index contributed by atoms with van der Waals surface area (Å²) >= 11 is 0. The molecule has 0 atom stereocenters. The molecule has 216 valence electrons. The molecule has 7 aromatic carbocycles. The zero-order chi connectivity index (χ0) is 30.2. The normalized spacial score (nSPS) is 11.9. The Bertz CT molecular complexity index is 2770. The van der Waals surface area contributed by atoms with Crippen LogP contribution in [0.5, 0.6) is 0 Å². The molecule has 0 amide bonds. The minimum Gasteiger partial charge on any atom is -0.456 e. The topological polar surface area (TPSA) is 34.5 Å². The smallest absolute Gasteiger partial charge is 0.135 e. The van der Waals surface area contributed by atoms with Gasteiger partial charge >= 0.3 is 0 Å². The van der Waals surface area contributed by atoms with Gasteiger partial charge in [-0.05, 0) is 78.9 Å². The summed E-state index contributed by atoms with van der Waals surface area (Å²) in [5.74, 6) is 0. The van der Waals surface area contributed by atoms with E-state index in [4.69, 9.17) is 8.83 Å². The molecular weight excluding hydrogens is 564 g/mol. The van der Waals surface area contributed by atoms with Gasteiger partial charge in [-0.3, -0.25) is 0 Å². The molecule has 0 aliphatic carbocycles. The first kappa shape index (κ1) is 25.1. The van der Waals surface area contributed by atoms with Gasteiger partial charge in [-0.2, -0.15) is 0 Å². The first-order valence-electron chi connectivity index (χ1n) is 15.5. The number of rotatable bonds is 4. The summed E-state index contributed by atoms with van der Waals surface area (Å²) in [5, 5.41) is 6.84. The summed E-state index contributed by atoms with van der Waals surface area (Å²) in [7, 11) is 0. The van der Waals surface area contributed by atoms with Crippen molar-refractivity contribution in [2.75, 3.05) is 4.90 Å². The van der Waals surface area contributed by atoms with Gasteiger partial charge in [0.2, 0.25) is 0 Å². The van der Waals surface area contributed by atoms with Gasteiger partial charge in [0, 0.05) is 49.4 Å². The number of hydrogen-bond donors (Lipinski definition) is 0. The molecule has 4 nitrogen and oxygen atoms in total. The van der Waals surface area contributed by atoms with Crippen molar-refractivity contribution in [2.45, 2.75) is 0 Å². The largest absolute Gasteiger partial charge is 0.456 e. The molecule has 0 bridgehead atoms. The van der Waals surface area contributed by atoms with Crippen molar-refractivity contribution in [3.05, 3.63) is 158 Å². The highest BCUT2D eigenvalue weighted by Crippen LogP contribution is 2.45. The maximum absolute atomic E-state index is 6.20. The molecule has 3 aromatic heterocycles. The van der Waals surface area contributed by atoms with Gasteiger partial charge in [0.25, 0.3) is 0 Å². The third kappa shape index (κ3) is 3.61. The molecule has 0 radical (unpaired) electrons. The number of benzene rings is 7. The van der Waals surface area contributed by atoms with Crippen LogP contribution in [0.3, 0.4) is 0 Å². The lowest BCUT2D eigenvalue weighted by atomic mass is 10.1. The van der Waals surface area contributed by atoms with Gasteiger partial charge in [-0.15, -0.1) is 0 Å². The van der Waals surface area contributed by atoms with E-state index < -0.39 is 0 Å². The molecule has 0 N–H and O–H groups in total. The number of aromatic nitrogens is 1. The van der Waals surface area contributed by atoms with Gasteiger partial charge in [0.05, 0.1) is 16.7 Å². The molecule has 0 unspecified atom stereocenters. The van der Waals surface area contributed by atoms with E-state index in [9.17, 15) is 0 Å². The number of hydrogen-bond acceptors (Lipinski definition) is 3. The van der Waals surface area contributed by atoms with Crippen LogP contribution in [0.2, 0.25) is 0 Å². The molecule has 0 aliphatic rings. The molecule has 0 fully saturated rings. The molecule has 0 saturated carbocycles. The van der Waals surface area contributed by atoms with Crippen molar-refractivity contribution in [1.29, 1.82) is 0 Å². The second kappa shape index (κ2) is 9.62. The fourth-order valence-corrected chi connectivity index (χ4v) is 7.18. The predicted molar refractivity (Wildman–Crippen MR) is 190 cm³/mol. The molecule has 46 heavy (non-hydrogen) atoms. The van der Waals surface area contributed by atoms with Crippen molar-refractivity contribution >= 4 is 82.7 Å². The Morgan fingerprint density at radius 2 is 0.978 bits per heavy atom. The zero-order valence-corrected chi connectivity index (χ0v) is 24.7. The minimum atomic E-state index is 0.884. The van der Waals surface area contributed by atoms with Gasteiger partial charge in [-0.1, -0.05) is 78.9 Å². The summed E-state index contributed by atoms with van der Waals surface area (Å²) in [4.78, 5) is 2.37. The Morgan fingerprint density at radius 1 is 0.391 bits per heavy atom. The maximum atomic E-state index is 6.20. The van der Waals surface area contributed by atoms with E-state index in [2.05, 4.69) is 143 Å². The summed E-state index contributed by atoms with van der Waals surface area (Å²) in [5.41, 5.74) is 10.2. The van der Waals surface area contributed by atoms with E-state index in [1.165, 1.54) is 10.8 Å². The van der Waals surface area contributed by atoms with E-state index in [0.717, 1.165) is 77.7 Å². The zero-order valence-electron chi connectivity index (χ0n) is 24.7. The lowest BCUT2D eigenvalue weighted by Crippen LogP contribution is -2.10. The van der Waals surface area contributed by atoms with Crippen molar-refractivity contribution in [3.8, 4) is 5.69 Å². The molecule has 10 rings (SSSR count). The highest BCUT2D eigenvalue weighted by Gasteiger charge is 2.22. The summed E-state index contributed by atoms with van der Waals surface area (Å²) in [6, 6.07) is 55.5. The van der Waals surface area contributed by atoms with Crippen LogP contribution in [0, 0.1) is 0 Å². The number of furan rings is 2. The van der Waals surface area contributed by atoms with Crippen LogP contribution in [-0.4, -0.2) is 4.57 Å². The van der Waals surface area contributed by atoms with E-state index >= 15 is 0 Å². The van der Waals surface area contributed by atoms with E-state index in [0.29, 0.717) is 0 Å². The van der Waals surface area contributed by atoms with Crippen molar-refractivity contribution in [1.82, 2.24) is 4.57 Å². The van der Waals surface area contributed by atoms with Crippen LogP contribution in [0.15, 0.2) is 167 Å². The van der Waals surface area contributed by atoms with Gasteiger partial charge in [-0.25, -0.2) is 0 Å². The number of nitrogens with zero attached hydrogens (tertiary/aromatic N) is 2. The Hall–Kier alpha value is -6.26. The SMILES string of the molecule is c1ccc(N(c2ccc3oc4ccccc4c3c2)c2cccc3c2c2ccccc2n3-c2ccc3oc4ccccc4c3c2)cc1. The standard InChI is InChI=1S/C42H26N2O2/c1-2-11-27(12-3-1)43(28-21-23-40-33(25-28)30-13-5-8-19-38(30)45-40)36-17-10-18-37-42(36)32-15-4-7-16-35(32)44(37)29-22-24-41-34(26-29)31-14-6-9-20-39(31)46-41/h1-26H. The van der Waals surface area contributed by atoms with Crippen LogP contribution < -0.4 is 4.90 Å². The van der Waals surface area contributed by atoms with Crippen LogP contribution in [0.4, 0.5) is 17.1 Å². The van der Waals surface area contributed by atoms with Crippen LogP contribution >= 0.6 is 0 Å². The van der Waals surface area contributed by atoms with Crippen LogP contribution in [0.25, 0.3) is 71.4 Å². The lowest BCUT2D eigenvalue weighted by molar-refractivity contribution is 0.668. The van der Waals surface area contributed by atoms with E-state index in [-0.39, 0.29) is 0 Å². The second-order valence-electron chi connectivity index (χ2n) is 11.8. The Kier molecular flexibility index (Phi) is 5.25. The second-order valence-corrected chi connectivity index (χ2v) is 11.8. The highest BCUT2D eigenvalue weighted by atomic mass is 16.3. The fourth-order valence-electron chi connectivity index (χ4n) is 7.18. The summed E-state index contributed by atoms with van der Waals surface area (Å²) < 4.78 is 14.8. The molecule has 0 saturated heterocycles. The highest BCUT2D eigenvalue weighted by molar-refractivity contribution is 6.17. The Morgan fingerprint density at radius 3 is 1.74 bits per heavy atom. The third-order valence-electron chi connectivity index (χ3n) is 9.17. The monoisotopic (exact) mass is 590 g/mol. The first-order valence-corrected chi connectivity index (χ1v) is 15.5. The lowest BCUT2D eigenvalue weighted by Gasteiger charge is -2.26. The van der Waals surface area contributed by atoms with Gasteiger partial charge in [0.1, 0.15) is 22.3 Å². The molecular formula is C42H26N2O2. The molecule has 0 aliphatic heterocycles. The average Bonchev–Trinajstić information content (AvgIpc) is 3.78. The number of fused-ring (bicyclic) bond motifs is 9. The molecule has 0 spiro atoms. The van der Waals surface area contributed by atoms with Crippen LogP contribution in [0.1, 0.15) is 0 Å². The predicted octanol–water partition coefficient (Wildman–Crippen LogP) is 12.1. The average molecular weight is 591 g/mol. The summed E-state index contributed by atoms with van der Waals surface area (Å²) in [6.07, 6.45) is 0. The third-order valence-corrected chi connectivity index (χ3v) is 9.17. The van der Waals surface area contributed by atoms with E-state index in [1.54, 1.807) is 0 Å². The molecule has 10 aromatic rings. The number of anilines is 3. The van der Waals surface area contributed by atoms with Crippen molar-refractivity contribution in [3.63, 3.8) is 0 Å². The first-order chi connectivity index (χ1) is 22.8. The van der Waals surface area contributed by atoms with Crippen molar-refractivity contribution < 1.29 is 8.83 Å². The summed E-state index contributed by atoms with van der Waals surface area (Å²) in [6.45, 7) is 0. The van der Waals surface area contributed by atoms with Gasteiger partial charge < -0.3 is 18.3 Å². The molecule has 3 heterocycles. The van der Waals surface area contributed by atoms with E-state index in [1.807, 2.05) is 24.3 Å². The quantitative estimate of drug-likeness (QED) is 0.204. The molecule has 4 heteroatoms.